The highest BCUT2D eigenvalue weighted by Crippen LogP contribution is 2.20. The molecule has 0 spiro atoms. The van der Waals surface area contributed by atoms with Gasteiger partial charge < -0.3 is 20.1 Å². The van der Waals surface area contributed by atoms with Crippen LogP contribution in [0.3, 0.4) is 0 Å². The molecule has 1 aliphatic heterocycles. The lowest BCUT2D eigenvalue weighted by Gasteiger charge is -2.27. The van der Waals surface area contributed by atoms with Crippen molar-refractivity contribution in [1.29, 1.82) is 0 Å². The van der Waals surface area contributed by atoms with Gasteiger partial charge in [0.25, 0.3) is 0 Å². The molecule has 0 radical (unpaired) electrons. The molecule has 0 aromatic heterocycles. The molecule has 0 saturated carbocycles. The van der Waals surface area contributed by atoms with Crippen LogP contribution in [0.15, 0.2) is 0 Å². The molecule has 1 fully saturated rings. The van der Waals surface area contributed by atoms with Crippen molar-refractivity contribution in [3.8, 4) is 0 Å². The number of carboxylic acids is 1. The van der Waals surface area contributed by atoms with Crippen molar-refractivity contribution in [3.05, 3.63) is 0 Å². The van der Waals surface area contributed by atoms with Gasteiger partial charge in [-0.2, -0.15) is 0 Å². The Kier molecular flexibility index (Phi) is 5.17. The molecule has 0 aromatic rings. The van der Waals surface area contributed by atoms with Gasteiger partial charge in [-0.05, 0) is 11.8 Å². The summed E-state index contributed by atoms with van der Waals surface area (Å²) in [7, 11) is 1.61. The summed E-state index contributed by atoms with van der Waals surface area (Å²) in [5, 5.41) is 11.9. The van der Waals surface area contributed by atoms with E-state index in [0.29, 0.717) is 6.54 Å². The van der Waals surface area contributed by atoms with E-state index in [2.05, 4.69) is 26.1 Å². The Morgan fingerprint density at radius 2 is 2.00 bits per heavy atom. The maximum Gasteiger partial charge on any atom is 0.317 e. The first-order chi connectivity index (χ1) is 8.72. The molecule has 6 nitrogen and oxygen atoms in total. The molecular weight excluding hydrogens is 248 g/mol. The molecule has 2 unspecified atom stereocenters. The highest BCUT2D eigenvalue weighted by molar-refractivity contribution is 5.77. The van der Waals surface area contributed by atoms with Crippen molar-refractivity contribution >= 4 is 12.0 Å². The second-order valence-electron chi connectivity index (χ2n) is 6.20. The fraction of sp³-hybridized carbons (Fsp3) is 0.846. The van der Waals surface area contributed by atoms with Gasteiger partial charge in [0.1, 0.15) is 5.92 Å². The van der Waals surface area contributed by atoms with Crippen LogP contribution in [0, 0.1) is 11.3 Å². The monoisotopic (exact) mass is 272 g/mol. The van der Waals surface area contributed by atoms with E-state index >= 15 is 0 Å². The Labute approximate surface area is 114 Å². The Bertz CT molecular complexity index is 338. The van der Waals surface area contributed by atoms with Crippen molar-refractivity contribution < 1.29 is 19.4 Å². The number of hydrogen-bond acceptors (Lipinski definition) is 3. The third kappa shape index (κ3) is 4.70. The third-order valence-corrected chi connectivity index (χ3v) is 3.34. The van der Waals surface area contributed by atoms with Gasteiger partial charge in [0.2, 0.25) is 0 Å². The summed E-state index contributed by atoms with van der Waals surface area (Å²) >= 11 is 0. The largest absolute Gasteiger partial charge is 0.481 e. The molecule has 2 amide bonds. The molecule has 2 atom stereocenters. The average Bonchev–Trinajstić information content (AvgIpc) is 2.74. The van der Waals surface area contributed by atoms with Gasteiger partial charge in [0, 0.05) is 13.6 Å². The molecule has 6 heteroatoms. The standard InChI is InChI=1S/C13H24N2O4/c1-13(2,3)5-6-14-12(18)15(4)10-8-19-7-9(10)11(16)17/h9-10H,5-8H2,1-4H3,(H,14,18)(H,16,17). The first-order valence-corrected chi connectivity index (χ1v) is 6.53. The van der Waals surface area contributed by atoms with E-state index in [1.165, 1.54) is 4.90 Å². The van der Waals surface area contributed by atoms with Gasteiger partial charge in [0.05, 0.1) is 19.3 Å². The van der Waals surface area contributed by atoms with E-state index in [1.807, 2.05) is 0 Å². The number of nitrogens with zero attached hydrogens (tertiary/aromatic N) is 1. The molecule has 1 aliphatic rings. The maximum absolute atomic E-state index is 12.0. The minimum atomic E-state index is -0.920. The zero-order valence-electron chi connectivity index (χ0n) is 12.1. The Balaban J connectivity index is 2.46. The fourth-order valence-electron chi connectivity index (χ4n) is 1.98. The molecule has 19 heavy (non-hydrogen) atoms. The normalized spacial score (nSPS) is 23.2. The van der Waals surface area contributed by atoms with Crippen LogP contribution in [-0.4, -0.2) is 54.9 Å². The van der Waals surface area contributed by atoms with Crippen molar-refractivity contribution in [3.63, 3.8) is 0 Å². The number of carbonyl (C=O) groups is 2. The van der Waals surface area contributed by atoms with Crippen LogP contribution in [0.4, 0.5) is 4.79 Å². The third-order valence-electron chi connectivity index (χ3n) is 3.34. The highest BCUT2D eigenvalue weighted by atomic mass is 16.5. The van der Waals surface area contributed by atoms with Crippen molar-refractivity contribution in [2.45, 2.75) is 33.2 Å². The number of hydrogen-bond donors (Lipinski definition) is 2. The molecule has 1 heterocycles. The Morgan fingerprint density at radius 3 is 2.53 bits per heavy atom. The number of amides is 2. The SMILES string of the molecule is CN(C(=O)NCCC(C)(C)C)C1COCC1C(=O)O. The van der Waals surface area contributed by atoms with Gasteiger partial charge in [0.15, 0.2) is 0 Å². The second-order valence-corrected chi connectivity index (χ2v) is 6.20. The molecular formula is C13H24N2O4. The lowest BCUT2D eigenvalue weighted by atomic mass is 9.92. The molecule has 110 valence electrons. The van der Waals surface area contributed by atoms with Crippen LogP contribution in [0.25, 0.3) is 0 Å². The van der Waals surface area contributed by atoms with Crippen molar-refractivity contribution in [2.24, 2.45) is 11.3 Å². The van der Waals surface area contributed by atoms with Crippen LogP contribution >= 0.6 is 0 Å². The number of carbonyl (C=O) groups excluding carboxylic acids is 1. The van der Waals surface area contributed by atoms with E-state index < -0.39 is 17.9 Å². The number of ether oxygens (including phenoxy) is 1. The Hall–Kier alpha value is -1.30. The smallest absolute Gasteiger partial charge is 0.317 e. The first kappa shape index (κ1) is 15.8. The van der Waals surface area contributed by atoms with Crippen LogP contribution < -0.4 is 5.32 Å². The average molecular weight is 272 g/mol. The fourth-order valence-corrected chi connectivity index (χ4v) is 1.98. The van der Waals surface area contributed by atoms with Crippen LogP contribution in [-0.2, 0) is 9.53 Å². The first-order valence-electron chi connectivity index (χ1n) is 6.53. The second kappa shape index (κ2) is 6.23. The lowest BCUT2D eigenvalue weighted by molar-refractivity contribution is -0.142. The zero-order valence-corrected chi connectivity index (χ0v) is 12.1. The van der Waals surface area contributed by atoms with Gasteiger partial charge >= 0.3 is 12.0 Å². The summed E-state index contributed by atoms with van der Waals surface area (Å²) in [4.78, 5) is 24.4. The van der Waals surface area contributed by atoms with Gasteiger partial charge in [-0.1, -0.05) is 20.8 Å². The van der Waals surface area contributed by atoms with E-state index in [9.17, 15) is 9.59 Å². The summed E-state index contributed by atoms with van der Waals surface area (Å²) in [6.45, 7) is 7.34. The minimum Gasteiger partial charge on any atom is -0.481 e. The van der Waals surface area contributed by atoms with Gasteiger partial charge in [-0.3, -0.25) is 4.79 Å². The zero-order chi connectivity index (χ0) is 14.6. The highest BCUT2D eigenvalue weighted by Gasteiger charge is 2.38. The predicted octanol–water partition coefficient (Wildman–Crippen LogP) is 1.16. The summed E-state index contributed by atoms with van der Waals surface area (Å²) < 4.78 is 5.16. The summed E-state index contributed by atoms with van der Waals surface area (Å²) in [5.74, 6) is -1.56. The number of aliphatic carboxylic acids is 1. The van der Waals surface area contributed by atoms with Crippen LogP contribution in [0.1, 0.15) is 27.2 Å². The quantitative estimate of drug-likeness (QED) is 0.805. The van der Waals surface area contributed by atoms with E-state index in [1.54, 1.807) is 7.05 Å². The molecule has 2 N–H and O–H groups in total. The molecule has 0 aromatic carbocycles. The number of carboxylic acid groups (broad SMARTS) is 1. The van der Waals surface area contributed by atoms with E-state index in [4.69, 9.17) is 9.84 Å². The number of likely N-dealkylation sites (N-methyl/N-ethyl adjacent to an activating group) is 1. The van der Waals surface area contributed by atoms with E-state index in [-0.39, 0.29) is 24.7 Å². The predicted molar refractivity (Wildman–Crippen MR) is 71.0 cm³/mol. The molecule has 1 rings (SSSR count). The van der Waals surface area contributed by atoms with Gasteiger partial charge in [-0.15, -0.1) is 0 Å². The topological polar surface area (TPSA) is 78.9 Å². The minimum absolute atomic E-state index is 0.159. The summed E-state index contributed by atoms with van der Waals surface area (Å²) in [6.07, 6.45) is 0.871. The molecule has 0 aliphatic carbocycles. The maximum atomic E-state index is 12.0. The van der Waals surface area contributed by atoms with Crippen molar-refractivity contribution in [1.82, 2.24) is 10.2 Å². The van der Waals surface area contributed by atoms with Crippen LogP contribution in [0.2, 0.25) is 0 Å². The van der Waals surface area contributed by atoms with Crippen molar-refractivity contribution in [2.75, 3.05) is 26.8 Å². The molecule has 0 bridgehead atoms. The van der Waals surface area contributed by atoms with E-state index in [0.717, 1.165) is 6.42 Å². The summed E-state index contributed by atoms with van der Waals surface area (Å²) in [5.41, 5.74) is 0.159. The van der Waals surface area contributed by atoms with Gasteiger partial charge in [-0.25, -0.2) is 4.79 Å². The molecule has 1 saturated heterocycles. The Morgan fingerprint density at radius 1 is 1.37 bits per heavy atom. The number of nitrogens with one attached hydrogen (secondary N) is 1. The van der Waals surface area contributed by atoms with Crippen LogP contribution in [0.5, 0.6) is 0 Å². The summed E-state index contributed by atoms with van der Waals surface area (Å²) in [6, 6.07) is -0.641. The number of rotatable bonds is 4. The lowest BCUT2D eigenvalue weighted by Crippen LogP contribution is -2.48. The number of urea groups is 1.